The SMILES string of the molecule is O=C1NCCCC1NC(c1ccccc1)c1ccccc1. The summed E-state index contributed by atoms with van der Waals surface area (Å²) < 4.78 is 0. The van der Waals surface area contributed by atoms with E-state index in [2.05, 4.69) is 34.9 Å². The number of nitrogens with one attached hydrogen (secondary N) is 2. The lowest BCUT2D eigenvalue weighted by Crippen LogP contribution is -2.49. The summed E-state index contributed by atoms with van der Waals surface area (Å²) >= 11 is 0. The molecule has 0 spiro atoms. The molecule has 0 radical (unpaired) electrons. The Morgan fingerprint density at radius 3 is 2.05 bits per heavy atom. The van der Waals surface area contributed by atoms with Gasteiger partial charge in [0.2, 0.25) is 5.91 Å². The van der Waals surface area contributed by atoms with Gasteiger partial charge in [0.15, 0.2) is 0 Å². The van der Waals surface area contributed by atoms with E-state index in [9.17, 15) is 4.79 Å². The summed E-state index contributed by atoms with van der Waals surface area (Å²) in [6, 6.07) is 20.5. The fourth-order valence-corrected chi connectivity index (χ4v) is 2.81. The third-order valence-electron chi connectivity index (χ3n) is 3.92. The molecule has 1 saturated heterocycles. The molecule has 0 aromatic heterocycles. The molecule has 3 heteroatoms. The van der Waals surface area contributed by atoms with Crippen LogP contribution in [0.4, 0.5) is 0 Å². The van der Waals surface area contributed by atoms with Crippen LogP contribution < -0.4 is 10.6 Å². The number of carbonyl (C=O) groups excluding carboxylic acids is 1. The number of piperidine rings is 1. The maximum Gasteiger partial charge on any atom is 0.237 e. The fourth-order valence-electron chi connectivity index (χ4n) is 2.81. The predicted octanol–water partition coefficient (Wildman–Crippen LogP) is 2.64. The van der Waals surface area contributed by atoms with Gasteiger partial charge in [0, 0.05) is 6.54 Å². The molecule has 3 rings (SSSR count). The van der Waals surface area contributed by atoms with E-state index in [1.165, 1.54) is 11.1 Å². The Labute approximate surface area is 125 Å². The number of hydrogen-bond acceptors (Lipinski definition) is 2. The first kappa shape index (κ1) is 13.8. The maximum atomic E-state index is 12.0. The summed E-state index contributed by atoms with van der Waals surface area (Å²) in [5.74, 6) is 0.109. The molecule has 1 aliphatic rings. The van der Waals surface area contributed by atoms with Crippen LogP contribution in [0.1, 0.15) is 30.0 Å². The van der Waals surface area contributed by atoms with Crippen molar-refractivity contribution < 1.29 is 4.79 Å². The summed E-state index contributed by atoms with van der Waals surface area (Å²) in [5.41, 5.74) is 2.36. The highest BCUT2D eigenvalue weighted by atomic mass is 16.2. The predicted molar refractivity (Wildman–Crippen MR) is 83.9 cm³/mol. The largest absolute Gasteiger partial charge is 0.355 e. The second-order valence-corrected chi connectivity index (χ2v) is 5.41. The standard InChI is InChI=1S/C18H20N2O/c21-18-16(12-7-13-19-18)20-17(14-8-3-1-4-9-14)15-10-5-2-6-11-15/h1-6,8-11,16-17,20H,7,12-13H2,(H,19,21). The van der Waals surface area contributed by atoms with E-state index >= 15 is 0 Å². The Morgan fingerprint density at radius 2 is 1.52 bits per heavy atom. The lowest BCUT2D eigenvalue weighted by atomic mass is 9.96. The summed E-state index contributed by atoms with van der Waals surface area (Å²) in [6.07, 6.45) is 1.92. The Balaban J connectivity index is 1.88. The van der Waals surface area contributed by atoms with Gasteiger partial charge in [-0.05, 0) is 24.0 Å². The second kappa shape index (κ2) is 6.55. The third-order valence-corrected chi connectivity index (χ3v) is 3.92. The first-order chi connectivity index (χ1) is 10.3. The summed E-state index contributed by atoms with van der Waals surface area (Å²) in [6.45, 7) is 0.790. The average Bonchev–Trinajstić information content (AvgIpc) is 2.56. The van der Waals surface area contributed by atoms with Crippen LogP contribution in [-0.2, 0) is 4.79 Å². The normalized spacial score (nSPS) is 18.5. The zero-order valence-corrected chi connectivity index (χ0v) is 12.0. The minimum Gasteiger partial charge on any atom is -0.355 e. The summed E-state index contributed by atoms with van der Waals surface area (Å²) in [7, 11) is 0. The molecule has 108 valence electrons. The average molecular weight is 280 g/mol. The van der Waals surface area contributed by atoms with Crippen molar-refractivity contribution in [1.29, 1.82) is 0 Å². The van der Waals surface area contributed by atoms with Gasteiger partial charge in [-0.15, -0.1) is 0 Å². The van der Waals surface area contributed by atoms with E-state index in [1.54, 1.807) is 0 Å². The zero-order valence-electron chi connectivity index (χ0n) is 12.0. The van der Waals surface area contributed by atoms with E-state index in [1.807, 2.05) is 36.4 Å². The quantitative estimate of drug-likeness (QED) is 0.904. The van der Waals surface area contributed by atoms with Crippen LogP contribution in [0.5, 0.6) is 0 Å². The second-order valence-electron chi connectivity index (χ2n) is 5.41. The molecular formula is C18H20N2O. The van der Waals surface area contributed by atoms with Crippen molar-refractivity contribution in [3.8, 4) is 0 Å². The number of benzene rings is 2. The van der Waals surface area contributed by atoms with Crippen LogP contribution in [-0.4, -0.2) is 18.5 Å². The molecule has 2 N–H and O–H groups in total. The minimum atomic E-state index is -0.121. The molecule has 0 bridgehead atoms. The fraction of sp³-hybridized carbons (Fsp3) is 0.278. The first-order valence-electron chi connectivity index (χ1n) is 7.48. The van der Waals surface area contributed by atoms with Crippen LogP contribution in [0.2, 0.25) is 0 Å². The van der Waals surface area contributed by atoms with Gasteiger partial charge in [0.25, 0.3) is 0 Å². The molecule has 0 aliphatic carbocycles. The molecule has 2 aromatic carbocycles. The molecule has 3 nitrogen and oxygen atoms in total. The van der Waals surface area contributed by atoms with E-state index in [4.69, 9.17) is 0 Å². The smallest absolute Gasteiger partial charge is 0.237 e. The van der Waals surface area contributed by atoms with Gasteiger partial charge in [-0.2, -0.15) is 0 Å². The Morgan fingerprint density at radius 1 is 0.952 bits per heavy atom. The van der Waals surface area contributed by atoms with Crippen molar-refractivity contribution in [2.45, 2.75) is 24.9 Å². The van der Waals surface area contributed by atoms with E-state index in [-0.39, 0.29) is 18.0 Å². The molecule has 1 unspecified atom stereocenters. The highest BCUT2D eigenvalue weighted by Gasteiger charge is 2.25. The van der Waals surface area contributed by atoms with Crippen molar-refractivity contribution in [2.24, 2.45) is 0 Å². The van der Waals surface area contributed by atoms with Gasteiger partial charge in [-0.3, -0.25) is 10.1 Å². The lowest BCUT2D eigenvalue weighted by molar-refractivity contribution is -0.124. The molecule has 21 heavy (non-hydrogen) atoms. The number of amides is 1. The van der Waals surface area contributed by atoms with Crippen molar-refractivity contribution in [2.75, 3.05) is 6.54 Å². The van der Waals surface area contributed by atoms with Gasteiger partial charge in [-0.1, -0.05) is 60.7 Å². The van der Waals surface area contributed by atoms with E-state index in [0.717, 1.165) is 19.4 Å². The van der Waals surface area contributed by atoms with Crippen molar-refractivity contribution in [3.63, 3.8) is 0 Å². The van der Waals surface area contributed by atoms with Gasteiger partial charge < -0.3 is 5.32 Å². The van der Waals surface area contributed by atoms with Crippen LogP contribution in [0, 0.1) is 0 Å². The topological polar surface area (TPSA) is 41.1 Å². The van der Waals surface area contributed by atoms with Crippen molar-refractivity contribution in [3.05, 3.63) is 71.8 Å². The van der Waals surface area contributed by atoms with Crippen LogP contribution in [0.15, 0.2) is 60.7 Å². The van der Waals surface area contributed by atoms with Gasteiger partial charge in [0.1, 0.15) is 0 Å². The highest BCUT2D eigenvalue weighted by Crippen LogP contribution is 2.23. The number of hydrogen-bond donors (Lipinski definition) is 2. The monoisotopic (exact) mass is 280 g/mol. The van der Waals surface area contributed by atoms with E-state index < -0.39 is 0 Å². The summed E-state index contributed by atoms with van der Waals surface area (Å²) in [4.78, 5) is 12.0. The van der Waals surface area contributed by atoms with Crippen LogP contribution >= 0.6 is 0 Å². The Bertz CT molecular complexity index is 543. The van der Waals surface area contributed by atoms with Crippen LogP contribution in [0.3, 0.4) is 0 Å². The van der Waals surface area contributed by atoms with Crippen LogP contribution in [0.25, 0.3) is 0 Å². The number of rotatable bonds is 4. The van der Waals surface area contributed by atoms with Gasteiger partial charge >= 0.3 is 0 Å². The summed E-state index contributed by atoms with van der Waals surface area (Å²) in [5, 5.41) is 6.47. The minimum absolute atomic E-state index is 0.0428. The molecular weight excluding hydrogens is 260 g/mol. The molecule has 0 saturated carbocycles. The van der Waals surface area contributed by atoms with Crippen molar-refractivity contribution in [1.82, 2.24) is 10.6 Å². The molecule has 1 atom stereocenters. The van der Waals surface area contributed by atoms with Gasteiger partial charge in [0.05, 0.1) is 12.1 Å². The Kier molecular flexibility index (Phi) is 4.31. The molecule has 1 aliphatic heterocycles. The molecule has 1 fully saturated rings. The Hall–Kier alpha value is -2.13. The first-order valence-corrected chi connectivity index (χ1v) is 7.48. The maximum absolute atomic E-state index is 12.0. The molecule has 1 heterocycles. The zero-order chi connectivity index (χ0) is 14.5. The van der Waals surface area contributed by atoms with Crippen molar-refractivity contribution >= 4 is 5.91 Å². The van der Waals surface area contributed by atoms with Gasteiger partial charge in [-0.25, -0.2) is 0 Å². The molecule has 1 amide bonds. The number of carbonyl (C=O) groups is 1. The highest BCUT2D eigenvalue weighted by molar-refractivity contribution is 5.82. The van der Waals surface area contributed by atoms with E-state index in [0.29, 0.717) is 0 Å². The lowest BCUT2D eigenvalue weighted by Gasteiger charge is -2.28. The third kappa shape index (κ3) is 3.31. The molecule has 2 aromatic rings.